The van der Waals surface area contributed by atoms with E-state index in [1.54, 1.807) is 0 Å². The predicted molar refractivity (Wildman–Crippen MR) is 78.9 cm³/mol. The van der Waals surface area contributed by atoms with E-state index >= 15 is 0 Å². The Hall–Kier alpha value is -1.74. The van der Waals surface area contributed by atoms with E-state index in [1.807, 2.05) is 44.3 Å². The third-order valence-electron chi connectivity index (χ3n) is 2.70. The van der Waals surface area contributed by atoms with Gasteiger partial charge in [0.25, 0.3) is 0 Å². The van der Waals surface area contributed by atoms with E-state index in [9.17, 15) is 0 Å². The Bertz CT molecular complexity index is 540. The predicted octanol–water partition coefficient (Wildman–Crippen LogP) is 4.05. The highest BCUT2D eigenvalue weighted by molar-refractivity contribution is 6.32. The lowest BCUT2D eigenvalue weighted by Crippen LogP contribution is -2.00. The molecule has 0 aliphatic rings. The van der Waals surface area contributed by atoms with Crippen molar-refractivity contribution in [1.29, 1.82) is 0 Å². The van der Waals surface area contributed by atoms with Crippen molar-refractivity contribution in [1.82, 2.24) is 4.98 Å². The molecule has 1 N–H and O–H groups in total. The molecule has 1 aromatic heterocycles. The van der Waals surface area contributed by atoms with E-state index in [-0.39, 0.29) is 0 Å². The van der Waals surface area contributed by atoms with Crippen molar-refractivity contribution < 1.29 is 4.74 Å². The number of anilines is 1. The summed E-state index contributed by atoms with van der Waals surface area (Å²) in [5.74, 6) is 0.715. The van der Waals surface area contributed by atoms with Gasteiger partial charge in [0.15, 0.2) is 0 Å². The molecule has 100 valence electrons. The number of ether oxygens (including phenoxy) is 1. The molecule has 0 radical (unpaired) electrons. The van der Waals surface area contributed by atoms with Crippen LogP contribution in [0.1, 0.15) is 18.2 Å². The molecule has 2 rings (SSSR count). The average Bonchev–Trinajstić information content (AvgIpc) is 2.41. The maximum absolute atomic E-state index is 6.13. The topological polar surface area (TPSA) is 34.1 Å². The van der Waals surface area contributed by atoms with Gasteiger partial charge in [-0.1, -0.05) is 17.7 Å². The minimum Gasteiger partial charge on any atom is -0.492 e. The van der Waals surface area contributed by atoms with Gasteiger partial charge in [-0.05, 0) is 43.7 Å². The number of aromatic nitrogens is 1. The summed E-state index contributed by atoms with van der Waals surface area (Å²) in [5.41, 5.74) is 3.12. The van der Waals surface area contributed by atoms with Crippen LogP contribution >= 0.6 is 11.6 Å². The molecule has 0 atom stereocenters. The zero-order chi connectivity index (χ0) is 13.7. The van der Waals surface area contributed by atoms with E-state index in [2.05, 4.69) is 16.4 Å². The molecular weight excluding hydrogens is 260 g/mol. The number of aryl methyl sites for hydroxylation is 1. The molecule has 0 saturated carbocycles. The minimum absolute atomic E-state index is 0.613. The van der Waals surface area contributed by atoms with Gasteiger partial charge in [0, 0.05) is 24.1 Å². The highest BCUT2D eigenvalue weighted by Crippen LogP contribution is 2.27. The summed E-state index contributed by atoms with van der Waals surface area (Å²) >= 11 is 6.13. The number of hydrogen-bond donors (Lipinski definition) is 1. The SMILES string of the molecule is CCOc1ccc(NCc2ccc(C)nc2)cc1Cl. The standard InChI is InChI=1S/C15H17ClN2O/c1-3-19-15-7-6-13(8-14(15)16)18-10-12-5-4-11(2)17-9-12/h4-9,18H,3,10H2,1-2H3. The number of pyridine rings is 1. The van der Waals surface area contributed by atoms with Crippen LogP contribution in [0.15, 0.2) is 36.5 Å². The third-order valence-corrected chi connectivity index (χ3v) is 3.00. The Labute approximate surface area is 118 Å². The largest absolute Gasteiger partial charge is 0.492 e. The first-order valence-corrected chi connectivity index (χ1v) is 6.64. The number of hydrogen-bond acceptors (Lipinski definition) is 3. The van der Waals surface area contributed by atoms with E-state index in [0.29, 0.717) is 17.4 Å². The average molecular weight is 277 g/mol. The summed E-state index contributed by atoms with van der Waals surface area (Å²) in [5, 5.41) is 3.93. The number of nitrogens with one attached hydrogen (secondary N) is 1. The lowest BCUT2D eigenvalue weighted by atomic mass is 10.2. The van der Waals surface area contributed by atoms with Gasteiger partial charge in [0.1, 0.15) is 5.75 Å². The molecule has 0 amide bonds. The Morgan fingerprint density at radius 2 is 2.11 bits per heavy atom. The lowest BCUT2D eigenvalue weighted by molar-refractivity contribution is 0.340. The highest BCUT2D eigenvalue weighted by Gasteiger charge is 2.02. The molecule has 0 bridgehead atoms. The molecule has 0 spiro atoms. The zero-order valence-corrected chi connectivity index (χ0v) is 11.9. The Morgan fingerprint density at radius 1 is 1.26 bits per heavy atom. The van der Waals surface area contributed by atoms with Crippen LogP contribution in [0.5, 0.6) is 5.75 Å². The van der Waals surface area contributed by atoms with Gasteiger partial charge in [-0.15, -0.1) is 0 Å². The fourth-order valence-corrected chi connectivity index (χ4v) is 1.93. The smallest absolute Gasteiger partial charge is 0.138 e. The monoisotopic (exact) mass is 276 g/mol. The molecule has 0 fully saturated rings. The van der Waals surface area contributed by atoms with Crippen molar-refractivity contribution in [3.8, 4) is 5.75 Å². The van der Waals surface area contributed by atoms with Crippen LogP contribution in [0.3, 0.4) is 0 Å². The van der Waals surface area contributed by atoms with Gasteiger partial charge in [0.2, 0.25) is 0 Å². The van der Waals surface area contributed by atoms with Crippen molar-refractivity contribution >= 4 is 17.3 Å². The van der Waals surface area contributed by atoms with Gasteiger partial charge >= 0.3 is 0 Å². The summed E-state index contributed by atoms with van der Waals surface area (Å²) in [6, 6.07) is 9.77. The second kappa shape index (κ2) is 6.43. The first kappa shape index (κ1) is 13.7. The molecular formula is C15H17ClN2O. The quantitative estimate of drug-likeness (QED) is 0.894. The molecule has 4 heteroatoms. The van der Waals surface area contributed by atoms with Crippen molar-refractivity contribution in [3.05, 3.63) is 52.8 Å². The molecule has 3 nitrogen and oxygen atoms in total. The molecule has 1 aromatic carbocycles. The Morgan fingerprint density at radius 3 is 2.74 bits per heavy atom. The van der Waals surface area contributed by atoms with E-state index < -0.39 is 0 Å². The van der Waals surface area contributed by atoms with E-state index in [4.69, 9.17) is 16.3 Å². The summed E-state index contributed by atoms with van der Waals surface area (Å²) in [7, 11) is 0. The van der Waals surface area contributed by atoms with Crippen molar-refractivity contribution in [2.24, 2.45) is 0 Å². The van der Waals surface area contributed by atoms with Crippen molar-refractivity contribution in [2.75, 3.05) is 11.9 Å². The van der Waals surface area contributed by atoms with Gasteiger partial charge in [0.05, 0.1) is 11.6 Å². The Kier molecular flexibility index (Phi) is 4.63. The fraction of sp³-hybridized carbons (Fsp3) is 0.267. The lowest BCUT2D eigenvalue weighted by Gasteiger charge is -2.10. The summed E-state index contributed by atoms with van der Waals surface area (Å²) in [6.07, 6.45) is 1.87. The van der Waals surface area contributed by atoms with Gasteiger partial charge in [-0.3, -0.25) is 4.98 Å². The normalized spacial score (nSPS) is 10.3. The van der Waals surface area contributed by atoms with Crippen molar-refractivity contribution in [2.45, 2.75) is 20.4 Å². The van der Waals surface area contributed by atoms with Crippen LogP contribution in [0, 0.1) is 6.92 Å². The molecule has 0 saturated heterocycles. The minimum atomic E-state index is 0.613. The van der Waals surface area contributed by atoms with Crippen LogP contribution in [-0.2, 0) is 6.54 Å². The molecule has 2 aromatic rings. The van der Waals surface area contributed by atoms with Crippen LogP contribution in [-0.4, -0.2) is 11.6 Å². The molecule has 0 aliphatic carbocycles. The second-order valence-electron chi connectivity index (χ2n) is 4.24. The number of benzene rings is 1. The summed E-state index contributed by atoms with van der Waals surface area (Å²) in [6.45, 7) is 5.25. The first-order valence-electron chi connectivity index (χ1n) is 6.27. The number of nitrogens with zero attached hydrogens (tertiary/aromatic N) is 1. The first-order chi connectivity index (χ1) is 9.19. The molecule has 0 aliphatic heterocycles. The number of rotatable bonds is 5. The zero-order valence-electron chi connectivity index (χ0n) is 11.1. The Balaban J connectivity index is 1.99. The van der Waals surface area contributed by atoms with Crippen LogP contribution in [0.4, 0.5) is 5.69 Å². The second-order valence-corrected chi connectivity index (χ2v) is 4.65. The molecule has 1 heterocycles. The van der Waals surface area contributed by atoms with Crippen LogP contribution < -0.4 is 10.1 Å². The fourth-order valence-electron chi connectivity index (χ4n) is 1.69. The highest BCUT2D eigenvalue weighted by atomic mass is 35.5. The maximum Gasteiger partial charge on any atom is 0.138 e. The molecule has 0 unspecified atom stereocenters. The third kappa shape index (κ3) is 3.86. The van der Waals surface area contributed by atoms with E-state index in [1.165, 1.54) is 0 Å². The number of halogens is 1. The van der Waals surface area contributed by atoms with E-state index in [0.717, 1.165) is 23.5 Å². The van der Waals surface area contributed by atoms with Crippen LogP contribution in [0.25, 0.3) is 0 Å². The molecule has 19 heavy (non-hydrogen) atoms. The summed E-state index contributed by atoms with van der Waals surface area (Å²) < 4.78 is 5.40. The van der Waals surface area contributed by atoms with Crippen molar-refractivity contribution in [3.63, 3.8) is 0 Å². The van der Waals surface area contributed by atoms with Gasteiger partial charge in [-0.25, -0.2) is 0 Å². The summed E-state index contributed by atoms with van der Waals surface area (Å²) in [4.78, 5) is 4.26. The van der Waals surface area contributed by atoms with Gasteiger partial charge < -0.3 is 10.1 Å². The van der Waals surface area contributed by atoms with Gasteiger partial charge in [-0.2, -0.15) is 0 Å². The maximum atomic E-state index is 6.13. The van der Waals surface area contributed by atoms with Crippen LogP contribution in [0.2, 0.25) is 5.02 Å².